The van der Waals surface area contributed by atoms with Gasteiger partial charge in [-0.15, -0.1) is 11.6 Å². The average Bonchev–Trinajstić information content (AvgIpc) is 2.30. The van der Waals surface area contributed by atoms with Gasteiger partial charge in [-0.05, 0) is 19.3 Å². The quantitative estimate of drug-likeness (QED) is 0.312. The summed E-state index contributed by atoms with van der Waals surface area (Å²) in [5, 5.41) is 8.46. The summed E-state index contributed by atoms with van der Waals surface area (Å²) in [6.45, 7) is 0. The van der Waals surface area contributed by atoms with Crippen LogP contribution in [0, 0.1) is 0 Å². The lowest BCUT2D eigenvalue weighted by Crippen LogP contribution is -1.93. The Kier molecular flexibility index (Phi) is 13.2. The predicted octanol–water partition coefficient (Wildman–Crippen LogP) is 4.77. The van der Waals surface area contributed by atoms with Crippen LogP contribution in [0.2, 0.25) is 0 Å². The Morgan fingerprint density at radius 3 is 1.94 bits per heavy atom. The topological polar surface area (TPSA) is 37.3 Å². The second kappa shape index (κ2) is 13.6. The maximum atomic E-state index is 10.3. The smallest absolute Gasteiger partial charge is 0.303 e. The average molecular weight is 261 g/mol. The molecule has 0 aliphatic heterocycles. The van der Waals surface area contributed by atoms with Crippen LogP contribution in [0.1, 0.15) is 64.2 Å². The number of carboxylic acids is 1. The van der Waals surface area contributed by atoms with Crippen LogP contribution in [0.25, 0.3) is 0 Å². The highest BCUT2D eigenvalue weighted by atomic mass is 35.5. The van der Waals surface area contributed by atoms with E-state index in [-0.39, 0.29) is 0 Å². The second-order valence-electron chi connectivity index (χ2n) is 4.39. The largest absolute Gasteiger partial charge is 0.481 e. The Morgan fingerprint density at radius 2 is 1.41 bits per heavy atom. The molecular weight excluding hydrogens is 236 g/mol. The Balaban J connectivity index is 2.98. The minimum atomic E-state index is -0.671. The van der Waals surface area contributed by atoms with Gasteiger partial charge in [0.25, 0.3) is 0 Å². The van der Waals surface area contributed by atoms with Crippen LogP contribution in [-0.2, 0) is 4.79 Å². The van der Waals surface area contributed by atoms with Crippen LogP contribution in [0.15, 0.2) is 12.2 Å². The fraction of sp³-hybridized carbons (Fsp3) is 0.786. The van der Waals surface area contributed by atoms with E-state index in [1.54, 1.807) is 0 Å². The number of allylic oxidation sites excluding steroid dienone is 2. The molecule has 0 atom stereocenters. The molecule has 0 aliphatic carbocycles. The molecule has 0 unspecified atom stereocenters. The number of halogens is 1. The highest BCUT2D eigenvalue weighted by Crippen LogP contribution is 2.10. The molecule has 0 aromatic rings. The van der Waals surface area contributed by atoms with Gasteiger partial charge in [-0.1, -0.05) is 50.7 Å². The van der Waals surface area contributed by atoms with Gasteiger partial charge in [0, 0.05) is 12.3 Å². The van der Waals surface area contributed by atoms with Crippen LogP contribution in [0.5, 0.6) is 0 Å². The first-order valence-electron chi connectivity index (χ1n) is 6.70. The molecule has 0 heterocycles. The SMILES string of the molecule is O=C(O)CCCCCCCCCC/C=C/CCl. The van der Waals surface area contributed by atoms with Crippen molar-refractivity contribution in [1.29, 1.82) is 0 Å². The molecule has 0 bridgehead atoms. The van der Waals surface area contributed by atoms with Crippen molar-refractivity contribution in [3.63, 3.8) is 0 Å². The summed E-state index contributed by atoms with van der Waals surface area (Å²) in [6, 6.07) is 0. The molecule has 100 valence electrons. The van der Waals surface area contributed by atoms with Crippen LogP contribution >= 0.6 is 11.6 Å². The molecular formula is C14H25ClO2. The zero-order valence-corrected chi connectivity index (χ0v) is 11.4. The summed E-state index contributed by atoms with van der Waals surface area (Å²) in [7, 11) is 0. The van der Waals surface area contributed by atoms with Gasteiger partial charge in [-0.3, -0.25) is 4.79 Å². The zero-order chi connectivity index (χ0) is 12.8. The summed E-state index contributed by atoms with van der Waals surface area (Å²) in [4.78, 5) is 10.3. The third-order valence-corrected chi connectivity index (χ3v) is 2.95. The van der Waals surface area contributed by atoms with E-state index >= 15 is 0 Å². The van der Waals surface area contributed by atoms with E-state index in [1.807, 2.05) is 6.08 Å². The number of carbonyl (C=O) groups is 1. The van der Waals surface area contributed by atoms with E-state index in [0.717, 1.165) is 19.3 Å². The predicted molar refractivity (Wildman–Crippen MR) is 73.7 cm³/mol. The summed E-state index contributed by atoms with van der Waals surface area (Å²) < 4.78 is 0. The van der Waals surface area contributed by atoms with Crippen LogP contribution in [0.3, 0.4) is 0 Å². The Bertz CT molecular complexity index is 202. The maximum absolute atomic E-state index is 10.3. The molecule has 0 fully saturated rings. The standard InChI is InChI=1S/C14H25ClO2/c15-13-11-9-7-5-3-1-2-4-6-8-10-12-14(16)17/h9,11H,1-8,10,12-13H2,(H,16,17)/b11-9+. The van der Waals surface area contributed by atoms with Crippen molar-refractivity contribution in [3.05, 3.63) is 12.2 Å². The fourth-order valence-electron chi connectivity index (χ4n) is 1.78. The van der Waals surface area contributed by atoms with E-state index in [0.29, 0.717) is 12.3 Å². The van der Waals surface area contributed by atoms with E-state index in [1.165, 1.54) is 38.5 Å². The lowest BCUT2D eigenvalue weighted by Gasteiger charge is -2.00. The Labute approximate surface area is 110 Å². The molecule has 2 nitrogen and oxygen atoms in total. The van der Waals surface area contributed by atoms with Crippen molar-refractivity contribution in [3.8, 4) is 0 Å². The van der Waals surface area contributed by atoms with Crippen LogP contribution in [-0.4, -0.2) is 17.0 Å². The highest BCUT2D eigenvalue weighted by molar-refractivity contribution is 6.18. The molecule has 0 saturated carbocycles. The summed E-state index contributed by atoms with van der Waals surface area (Å²) in [5.41, 5.74) is 0. The van der Waals surface area contributed by atoms with E-state index in [9.17, 15) is 4.79 Å². The number of alkyl halides is 1. The van der Waals surface area contributed by atoms with E-state index < -0.39 is 5.97 Å². The van der Waals surface area contributed by atoms with Gasteiger partial charge in [0.15, 0.2) is 0 Å². The van der Waals surface area contributed by atoms with E-state index in [2.05, 4.69) is 6.08 Å². The summed E-state index contributed by atoms with van der Waals surface area (Å²) in [5.74, 6) is -0.0499. The minimum absolute atomic E-state index is 0.326. The molecule has 0 rings (SSSR count). The number of hydrogen-bond donors (Lipinski definition) is 1. The molecule has 0 radical (unpaired) electrons. The van der Waals surface area contributed by atoms with Crippen molar-refractivity contribution in [2.45, 2.75) is 64.2 Å². The third-order valence-electron chi connectivity index (χ3n) is 2.77. The number of aliphatic carboxylic acids is 1. The Hall–Kier alpha value is -0.500. The molecule has 3 heteroatoms. The molecule has 0 aromatic carbocycles. The van der Waals surface area contributed by atoms with Crippen molar-refractivity contribution >= 4 is 17.6 Å². The molecule has 17 heavy (non-hydrogen) atoms. The monoisotopic (exact) mass is 260 g/mol. The Morgan fingerprint density at radius 1 is 0.882 bits per heavy atom. The maximum Gasteiger partial charge on any atom is 0.303 e. The molecule has 0 aliphatic rings. The first-order valence-corrected chi connectivity index (χ1v) is 7.23. The van der Waals surface area contributed by atoms with Crippen molar-refractivity contribution < 1.29 is 9.90 Å². The number of hydrogen-bond acceptors (Lipinski definition) is 1. The molecule has 1 N–H and O–H groups in total. The fourth-order valence-corrected chi connectivity index (χ4v) is 1.91. The van der Waals surface area contributed by atoms with Gasteiger partial charge < -0.3 is 5.11 Å². The van der Waals surface area contributed by atoms with Gasteiger partial charge in [-0.25, -0.2) is 0 Å². The number of unbranched alkanes of at least 4 members (excludes halogenated alkanes) is 8. The van der Waals surface area contributed by atoms with Crippen molar-refractivity contribution in [2.75, 3.05) is 5.88 Å². The second-order valence-corrected chi connectivity index (χ2v) is 4.70. The minimum Gasteiger partial charge on any atom is -0.481 e. The summed E-state index contributed by atoms with van der Waals surface area (Å²) in [6.07, 6.45) is 15.1. The number of rotatable bonds is 12. The van der Waals surface area contributed by atoms with Gasteiger partial charge in [0.05, 0.1) is 0 Å². The van der Waals surface area contributed by atoms with Gasteiger partial charge in [-0.2, -0.15) is 0 Å². The lowest BCUT2D eigenvalue weighted by molar-refractivity contribution is -0.137. The van der Waals surface area contributed by atoms with Gasteiger partial charge >= 0.3 is 5.97 Å². The van der Waals surface area contributed by atoms with Crippen molar-refractivity contribution in [1.82, 2.24) is 0 Å². The van der Waals surface area contributed by atoms with E-state index in [4.69, 9.17) is 16.7 Å². The number of carboxylic acid groups (broad SMARTS) is 1. The first-order chi connectivity index (χ1) is 8.27. The summed E-state index contributed by atoms with van der Waals surface area (Å²) >= 11 is 5.52. The van der Waals surface area contributed by atoms with Crippen LogP contribution in [0.4, 0.5) is 0 Å². The lowest BCUT2D eigenvalue weighted by atomic mass is 10.1. The molecule has 0 spiro atoms. The molecule has 0 amide bonds. The van der Waals surface area contributed by atoms with Gasteiger partial charge in [0.1, 0.15) is 0 Å². The molecule has 0 saturated heterocycles. The highest BCUT2D eigenvalue weighted by Gasteiger charge is 1.96. The van der Waals surface area contributed by atoms with Crippen LogP contribution < -0.4 is 0 Å². The van der Waals surface area contributed by atoms with Crippen molar-refractivity contribution in [2.24, 2.45) is 0 Å². The molecule has 0 aromatic heterocycles. The zero-order valence-electron chi connectivity index (χ0n) is 10.7. The van der Waals surface area contributed by atoms with Gasteiger partial charge in [0.2, 0.25) is 0 Å². The normalized spacial score (nSPS) is 11.1. The third kappa shape index (κ3) is 15.5. The first kappa shape index (κ1) is 16.5.